The molecule has 0 bridgehead atoms. The van der Waals surface area contributed by atoms with Gasteiger partial charge in [0.2, 0.25) is 5.91 Å². The number of anilines is 1. The van der Waals surface area contributed by atoms with Crippen molar-refractivity contribution in [2.45, 2.75) is 97.2 Å². The normalized spacial score (nSPS) is 14.4. The molecule has 4 aromatic rings. The number of nitrogens with zero attached hydrogens (tertiary/aromatic N) is 4. The predicted octanol–water partition coefficient (Wildman–Crippen LogP) is 8.23. The van der Waals surface area contributed by atoms with Gasteiger partial charge in [-0.3, -0.25) is 14.5 Å². The lowest BCUT2D eigenvalue weighted by Crippen LogP contribution is -2.36. The first kappa shape index (κ1) is 32.4. The summed E-state index contributed by atoms with van der Waals surface area (Å²) in [6.07, 6.45) is 12.7. The number of pyridine rings is 1. The minimum absolute atomic E-state index is 0.0900. The first-order valence-electron chi connectivity index (χ1n) is 16.7. The zero-order valence-electron chi connectivity index (χ0n) is 27.2. The molecule has 0 saturated heterocycles. The van der Waals surface area contributed by atoms with E-state index < -0.39 is 0 Å². The Morgan fingerprint density at radius 1 is 0.978 bits per heavy atom. The number of carbonyl (C=O) groups is 1. The molecule has 1 amide bonds. The van der Waals surface area contributed by atoms with E-state index in [-0.39, 0.29) is 11.8 Å². The van der Waals surface area contributed by atoms with E-state index in [1.165, 1.54) is 0 Å². The fraction of sp³-hybridized carbons (Fsp3) is 0.447. The molecule has 5 rings (SSSR count). The lowest BCUT2D eigenvalue weighted by Gasteiger charge is -2.31. The van der Waals surface area contributed by atoms with Crippen molar-refractivity contribution in [2.75, 3.05) is 18.1 Å². The van der Waals surface area contributed by atoms with Gasteiger partial charge in [-0.05, 0) is 79.3 Å². The summed E-state index contributed by atoms with van der Waals surface area (Å²) in [5.74, 6) is 1.03. The van der Waals surface area contributed by atoms with Gasteiger partial charge >= 0.3 is 0 Å². The number of ether oxygens (including phenoxy) is 2. The van der Waals surface area contributed by atoms with Gasteiger partial charge in [-0.15, -0.1) is 0 Å². The first-order valence-corrected chi connectivity index (χ1v) is 16.7. The van der Waals surface area contributed by atoms with Gasteiger partial charge in [0, 0.05) is 37.2 Å². The third-order valence-electron chi connectivity index (χ3n) is 8.54. The highest BCUT2D eigenvalue weighted by Crippen LogP contribution is 2.39. The lowest BCUT2D eigenvalue weighted by molar-refractivity contribution is -0.120. The van der Waals surface area contributed by atoms with Crippen molar-refractivity contribution >= 4 is 11.6 Å². The average molecular weight is 609 g/mol. The second-order valence-electron chi connectivity index (χ2n) is 12.3. The van der Waals surface area contributed by atoms with Crippen LogP contribution in [0.5, 0.6) is 5.75 Å². The predicted molar refractivity (Wildman–Crippen MR) is 180 cm³/mol. The Labute approximate surface area is 268 Å². The standard InChI is InChI=1S/C38H48N4O3/c1-4-5-22-44-23-10-9-21-41-26-31(24-40-41)27-42(32-19-20-36(29(2)3)39-25-32)38(43)35-17-11-16-34-33(35)15-12-18-37(34)45-28-30-13-7-6-8-14-30/h6-8,12-15,18-20,24-26,29,35H,4-5,9-11,16-17,21-23,27-28H2,1-3H3. The van der Waals surface area contributed by atoms with Crippen LogP contribution in [0.4, 0.5) is 5.69 Å². The first-order chi connectivity index (χ1) is 22.0. The van der Waals surface area contributed by atoms with Gasteiger partial charge in [0.1, 0.15) is 12.4 Å². The van der Waals surface area contributed by atoms with Gasteiger partial charge in [0.15, 0.2) is 0 Å². The molecule has 0 saturated carbocycles. The van der Waals surface area contributed by atoms with E-state index in [1.54, 1.807) is 0 Å². The molecular weight excluding hydrogens is 560 g/mol. The minimum Gasteiger partial charge on any atom is -0.489 e. The van der Waals surface area contributed by atoms with Crippen LogP contribution in [0.2, 0.25) is 0 Å². The largest absolute Gasteiger partial charge is 0.489 e. The molecule has 0 aliphatic heterocycles. The zero-order chi connectivity index (χ0) is 31.4. The fourth-order valence-corrected chi connectivity index (χ4v) is 5.94. The number of hydrogen-bond donors (Lipinski definition) is 0. The van der Waals surface area contributed by atoms with Crippen molar-refractivity contribution in [3.05, 3.63) is 107 Å². The lowest BCUT2D eigenvalue weighted by atomic mass is 9.81. The highest BCUT2D eigenvalue weighted by atomic mass is 16.5. The number of benzene rings is 2. The van der Waals surface area contributed by atoms with E-state index in [4.69, 9.17) is 14.5 Å². The molecule has 7 heteroatoms. The minimum atomic E-state index is -0.249. The molecule has 238 valence electrons. The third kappa shape index (κ3) is 8.82. The van der Waals surface area contributed by atoms with Crippen LogP contribution in [-0.2, 0) is 35.6 Å². The molecule has 0 N–H and O–H groups in total. The van der Waals surface area contributed by atoms with E-state index in [9.17, 15) is 4.79 Å². The van der Waals surface area contributed by atoms with Crippen LogP contribution in [0.15, 0.2) is 79.3 Å². The second kappa shape index (κ2) is 16.4. The Morgan fingerprint density at radius 2 is 1.82 bits per heavy atom. The summed E-state index contributed by atoms with van der Waals surface area (Å²) in [5.41, 5.74) is 6.18. The number of rotatable bonds is 16. The molecule has 2 aromatic heterocycles. The molecule has 45 heavy (non-hydrogen) atoms. The second-order valence-corrected chi connectivity index (χ2v) is 12.3. The summed E-state index contributed by atoms with van der Waals surface area (Å²) >= 11 is 0. The van der Waals surface area contributed by atoms with Crippen LogP contribution >= 0.6 is 0 Å². The van der Waals surface area contributed by atoms with Gasteiger partial charge in [0.25, 0.3) is 0 Å². The number of hydrogen-bond acceptors (Lipinski definition) is 5. The van der Waals surface area contributed by atoms with E-state index in [1.807, 2.05) is 64.4 Å². The molecule has 1 aliphatic carbocycles. The van der Waals surface area contributed by atoms with E-state index in [0.29, 0.717) is 19.1 Å². The maximum Gasteiger partial charge on any atom is 0.234 e. The van der Waals surface area contributed by atoms with E-state index >= 15 is 0 Å². The summed E-state index contributed by atoms with van der Waals surface area (Å²) in [4.78, 5) is 21.1. The molecule has 1 unspecified atom stereocenters. The average Bonchev–Trinajstić information content (AvgIpc) is 3.53. The number of amides is 1. The van der Waals surface area contributed by atoms with E-state index in [2.05, 4.69) is 50.3 Å². The SMILES string of the molecule is CCCCOCCCCn1cc(CN(C(=O)C2CCCc3c(OCc4ccccc4)cccc32)c2ccc(C(C)C)nc2)cn1. The summed E-state index contributed by atoms with van der Waals surface area (Å²) in [5, 5.41) is 4.62. The maximum absolute atomic E-state index is 14.5. The maximum atomic E-state index is 14.5. The number of fused-ring (bicyclic) bond motifs is 1. The summed E-state index contributed by atoms with van der Waals surface area (Å²) in [6, 6.07) is 20.4. The molecular formula is C38H48N4O3. The van der Waals surface area contributed by atoms with Crippen LogP contribution in [0.25, 0.3) is 0 Å². The van der Waals surface area contributed by atoms with Crippen LogP contribution in [0.1, 0.15) is 99.1 Å². The van der Waals surface area contributed by atoms with Gasteiger partial charge in [-0.25, -0.2) is 0 Å². The molecule has 2 aromatic carbocycles. The number of carbonyl (C=O) groups excluding carboxylic acids is 1. The van der Waals surface area contributed by atoms with E-state index in [0.717, 1.165) is 104 Å². The van der Waals surface area contributed by atoms with Gasteiger partial charge < -0.3 is 14.4 Å². The highest BCUT2D eigenvalue weighted by Gasteiger charge is 2.32. The Hall–Kier alpha value is -3.97. The molecule has 7 nitrogen and oxygen atoms in total. The van der Waals surface area contributed by atoms with Crippen molar-refractivity contribution in [1.29, 1.82) is 0 Å². The Kier molecular flexibility index (Phi) is 11.8. The number of aromatic nitrogens is 3. The number of aryl methyl sites for hydroxylation is 1. The van der Waals surface area contributed by atoms with Crippen molar-refractivity contribution < 1.29 is 14.3 Å². The Balaban J connectivity index is 1.32. The summed E-state index contributed by atoms with van der Waals surface area (Å²) in [6.45, 7) is 9.85. The smallest absolute Gasteiger partial charge is 0.234 e. The van der Waals surface area contributed by atoms with Gasteiger partial charge in [0.05, 0.1) is 30.5 Å². The Morgan fingerprint density at radius 3 is 2.60 bits per heavy atom. The molecule has 0 spiro atoms. The van der Waals surface area contributed by atoms with Crippen molar-refractivity contribution in [3.63, 3.8) is 0 Å². The molecule has 2 heterocycles. The van der Waals surface area contributed by atoms with Crippen LogP contribution in [0, 0.1) is 0 Å². The molecule has 0 radical (unpaired) electrons. The van der Waals surface area contributed by atoms with Crippen molar-refractivity contribution in [3.8, 4) is 5.75 Å². The van der Waals surface area contributed by atoms with Crippen LogP contribution < -0.4 is 9.64 Å². The molecule has 0 fully saturated rings. The van der Waals surface area contributed by atoms with Crippen molar-refractivity contribution in [2.24, 2.45) is 0 Å². The summed E-state index contributed by atoms with van der Waals surface area (Å²) in [7, 11) is 0. The van der Waals surface area contributed by atoms with Crippen LogP contribution in [0.3, 0.4) is 0 Å². The summed E-state index contributed by atoms with van der Waals surface area (Å²) < 4.78 is 14.0. The van der Waals surface area contributed by atoms with Crippen LogP contribution in [-0.4, -0.2) is 33.9 Å². The Bertz CT molecular complexity index is 1480. The number of unbranched alkanes of at least 4 members (excludes halogenated alkanes) is 2. The monoisotopic (exact) mass is 608 g/mol. The van der Waals surface area contributed by atoms with Crippen molar-refractivity contribution in [1.82, 2.24) is 14.8 Å². The van der Waals surface area contributed by atoms with Gasteiger partial charge in [-0.1, -0.05) is 69.7 Å². The quantitative estimate of drug-likeness (QED) is 0.120. The molecule has 1 atom stereocenters. The third-order valence-corrected chi connectivity index (χ3v) is 8.54. The van der Waals surface area contributed by atoms with Gasteiger partial charge in [-0.2, -0.15) is 5.10 Å². The fourth-order valence-electron chi connectivity index (χ4n) is 5.94. The zero-order valence-corrected chi connectivity index (χ0v) is 27.2. The highest BCUT2D eigenvalue weighted by molar-refractivity contribution is 5.98. The topological polar surface area (TPSA) is 69.5 Å². The molecule has 1 aliphatic rings.